The molecule has 0 fully saturated rings. The molecule has 0 bridgehead atoms. The maximum atomic E-state index is 11.1. The molecular weight excluding hydrogens is 156 g/mol. The van der Waals surface area contributed by atoms with E-state index >= 15 is 0 Å². The van der Waals surface area contributed by atoms with Crippen molar-refractivity contribution in [3.63, 3.8) is 0 Å². The zero-order valence-corrected chi connectivity index (χ0v) is 6.81. The number of rotatable bonds is 1. The molecule has 0 atom stereocenters. The van der Waals surface area contributed by atoms with E-state index in [9.17, 15) is 4.79 Å². The number of dihydropyridines is 1. The summed E-state index contributed by atoms with van der Waals surface area (Å²) in [7, 11) is 1.63. The van der Waals surface area contributed by atoms with Gasteiger partial charge in [0.1, 0.15) is 11.5 Å². The molecule has 2 heterocycles. The highest BCUT2D eigenvalue weighted by molar-refractivity contribution is 5.97. The van der Waals surface area contributed by atoms with Crippen LogP contribution in [-0.2, 0) is 9.53 Å². The minimum absolute atomic E-state index is 0.0172. The lowest BCUT2D eigenvalue weighted by Crippen LogP contribution is -2.27. The fourth-order valence-electron chi connectivity index (χ4n) is 1.37. The van der Waals surface area contributed by atoms with E-state index in [0.717, 1.165) is 11.3 Å². The van der Waals surface area contributed by atoms with Crippen molar-refractivity contribution >= 4 is 5.91 Å². The van der Waals surface area contributed by atoms with Crippen LogP contribution in [0.5, 0.6) is 0 Å². The fraction of sp³-hybridized carbons (Fsp3) is 0.375. The number of ether oxygens (including phenoxy) is 1. The second-order valence-electron chi connectivity index (χ2n) is 2.75. The predicted octanol–water partition coefficient (Wildman–Crippen LogP) is -0.496. The lowest BCUT2D eigenvalue weighted by atomic mass is 10.1. The Hall–Kier alpha value is -1.45. The summed E-state index contributed by atoms with van der Waals surface area (Å²) < 4.78 is 5.06. The SMILES string of the molecule is COC1=CC2=C(NC1)C(=O)NC2. The number of carbonyl (C=O) groups excluding carboxylic acids is 1. The van der Waals surface area contributed by atoms with Crippen molar-refractivity contribution in [2.45, 2.75) is 0 Å². The number of methoxy groups -OCH3 is 1. The van der Waals surface area contributed by atoms with Crippen molar-refractivity contribution < 1.29 is 9.53 Å². The van der Waals surface area contributed by atoms with Crippen LogP contribution in [0.25, 0.3) is 0 Å². The van der Waals surface area contributed by atoms with Crippen LogP contribution < -0.4 is 10.6 Å². The van der Waals surface area contributed by atoms with E-state index in [1.807, 2.05) is 6.08 Å². The zero-order valence-electron chi connectivity index (χ0n) is 6.81. The summed E-state index contributed by atoms with van der Waals surface area (Å²) in [5, 5.41) is 5.74. The van der Waals surface area contributed by atoms with E-state index in [-0.39, 0.29) is 5.91 Å². The highest BCUT2D eigenvalue weighted by Gasteiger charge is 2.24. The fourth-order valence-corrected chi connectivity index (χ4v) is 1.37. The summed E-state index contributed by atoms with van der Waals surface area (Å²) in [5.41, 5.74) is 1.68. The van der Waals surface area contributed by atoms with E-state index < -0.39 is 0 Å². The minimum Gasteiger partial charge on any atom is -0.499 e. The predicted molar refractivity (Wildman–Crippen MR) is 43.1 cm³/mol. The molecule has 2 rings (SSSR count). The Morgan fingerprint density at radius 3 is 3.00 bits per heavy atom. The molecule has 0 aromatic carbocycles. The molecular formula is C8H10N2O2. The monoisotopic (exact) mass is 166 g/mol. The Bertz CT molecular complexity index is 291. The molecule has 0 saturated heterocycles. The van der Waals surface area contributed by atoms with E-state index in [1.54, 1.807) is 7.11 Å². The Morgan fingerprint density at radius 1 is 1.42 bits per heavy atom. The lowest BCUT2D eigenvalue weighted by Gasteiger charge is -2.14. The Kier molecular flexibility index (Phi) is 1.53. The van der Waals surface area contributed by atoms with Crippen LogP contribution in [0.15, 0.2) is 23.1 Å². The summed E-state index contributed by atoms with van der Waals surface area (Å²) in [6.07, 6.45) is 1.91. The molecule has 2 N–H and O–H groups in total. The quantitative estimate of drug-likeness (QED) is 0.552. The van der Waals surface area contributed by atoms with E-state index in [1.165, 1.54) is 0 Å². The molecule has 0 unspecified atom stereocenters. The first-order chi connectivity index (χ1) is 5.81. The maximum absolute atomic E-state index is 11.1. The molecule has 0 radical (unpaired) electrons. The third-order valence-electron chi connectivity index (χ3n) is 2.02. The molecule has 64 valence electrons. The summed E-state index contributed by atoms with van der Waals surface area (Å²) in [5.74, 6) is 0.849. The van der Waals surface area contributed by atoms with Crippen molar-refractivity contribution in [2.75, 3.05) is 20.2 Å². The van der Waals surface area contributed by atoms with Crippen LogP contribution in [0.1, 0.15) is 0 Å². The molecule has 0 aliphatic carbocycles. The summed E-state index contributed by atoms with van der Waals surface area (Å²) in [4.78, 5) is 11.1. The molecule has 2 aliphatic rings. The minimum atomic E-state index is -0.0172. The highest BCUT2D eigenvalue weighted by Crippen LogP contribution is 2.16. The standard InChI is InChI=1S/C8H10N2O2/c1-12-6-2-5-3-10-8(11)7(5)9-4-6/h2,9H,3-4H2,1H3,(H,10,11). The molecule has 4 nitrogen and oxygen atoms in total. The van der Waals surface area contributed by atoms with Crippen molar-refractivity contribution in [1.29, 1.82) is 0 Å². The molecule has 0 aromatic rings. The lowest BCUT2D eigenvalue weighted by molar-refractivity contribution is -0.117. The van der Waals surface area contributed by atoms with Gasteiger partial charge in [-0.3, -0.25) is 4.79 Å². The highest BCUT2D eigenvalue weighted by atomic mass is 16.5. The van der Waals surface area contributed by atoms with E-state index in [4.69, 9.17) is 4.74 Å². The molecule has 4 heteroatoms. The molecule has 0 aromatic heterocycles. The molecule has 1 amide bonds. The summed E-state index contributed by atoms with van der Waals surface area (Å²) in [6.45, 7) is 1.21. The van der Waals surface area contributed by atoms with Crippen molar-refractivity contribution in [2.24, 2.45) is 0 Å². The number of hydrogen-bond acceptors (Lipinski definition) is 3. The second-order valence-corrected chi connectivity index (χ2v) is 2.75. The Balaban J connectivity index is 2.30. The third kappa shape index (κ3) is 0.958. The van der Waals surface area contributed by atoms with Gasteiger partial charge in [-0.05, 0) is 6.08 Å². The van der Waals surface area contributed by atoms with Crippen LogP contribution in [0.4, 0.5) is 0 Å². The van der Waals surface area contributed by atoms with Gasteiger partial charge < -0.3 is 15.4 Å². The topological polar surface area (TPSA) is 50.4 Å². The van der Waals surface area contributed by atoms with Crippen molar-refractivity contribution in [3.05, 3.63) is 23.1 Å². The average molecular weight is 166 g/mol. The first kappa shape index (κ1) is 7.21. The summed E-state index contributed by atoms with van der Waals surface area (Å²) in [6, 6.07) is 0. The molecule has 12 heavy (non-hydrogen) atoms. The number of hydrogen-bond donors (Lipinski definition) is 2. The van der Waals surface area contributed by atoms with Gasteiger partial charge in [-0.25, -0.2) is 0 Å². The van der Waals surface area contributed by atoms with Crippen LogP contribution in [0, 0.1) is 0 Å². The molecule has 2 aliphatic heterocycles. The van der Waals surface area contributed by atoms with Crippen molar-refractivity contribution in [3.8, 4) is 0 Å². The first-order valence-corrected chi connectivity index (χ1v) is 3.81. The van der Waals surface area contributed by atoms with E-state index in [2.05, 4.69) is 10.6 Å². The van der Waals surface area contributed by atoms with Crippen LogP contribution >= 0.6 is 0 Å². The first-order valence-electron chi connectivity index (χ1n) is 3.81. The molecule has 0 spiro atoms. The van der Waals surface area contributed by atoms with Gasteiger partial charge in [0.25, 0.3) is 5.91 Å². The average Bonchev–Trinajstić information content (AvgIpc) is 2.47. The Morgan fingerprint density at radius 2 is 2.25 bits per heavy atom. The normalized spacial score (nSPS) is 21.1. The largest absolute Gasteiger partial charge is 0.499 e. The van der Waals surface area contributed by atoms with Crippen molar-refractivity contribution in [1.82, 2.24) is 10.6 Å². The number of amides is 1. The Labute approximate surface area is 70.3 Å². The smallest absolute Gasteiger partial charge is 0.267 e. The number of carbonyl (C=O) groups is 1. The zero-order chi connectivity index (χ0) is 8.55. The third-order valence-corrected chi connectivity index (χ3v) is 2.02. The van der Waals surface area contributed by atoms with Gasteiger partial charge in [0, 0.05) is 12.1 Å². The van der Waals surface area contributed by atoms with Gasteiger partial charge in [0.2, 0.25) is 0 Å². The second kappa shape index (κ2) is 2.55. The van der Waals surface area contributed by atoms with E-state index in [0.29, 0.717) is 18.8 Å². The van der Waals surface area contributed by atoms with Gasteiger partial charge in [0.05, 0.1) is 13.7 Å². The van der Waals surface area contributed by atoms with Crippen LogP contribution in [0.2, 0.25) is 0 Å². The molecule has 0 saturated carbocycles. The van der Waals surface area contributed by atoms with Gasteiger partial charge in [-0.2, -0.15) is 0 Å². The van der Waals surface area contributed by atoms with Gasteiger partial charge in [-0.1, -0.05) is 0 Å². The van der Waals surface area contributed by atoms with Gasteiger partial charge in [0.15, 0.2) is 0 Å². The van der Waals surface area contributed by atoms with Gasteiger partial charge in [-0.15, -0.1) is 0 Å². The maximum Gasteiger partial charge on any atom is 0.267 e. The van der Waals surface area contributed by atoms with Gasteiger partial charge >= 0.3 is 0 Å². The number of nitrogens with one attached hydrogen (secondary N) is 2. The summed E-state index contributed by atoms with van der Waals surface area (Å²) >= 11 is 0. The van der Waals surface area contributed by atoms with Crippen LogP contribution in [0.3, 0.4) is 0 Å². The van der Waals surface area contributed by atoms with Crippen LogP contribution in [-0.4, -0.2) is 26.1 Å².